The van der Waals surface area contributed by atoms with Gasteiger partial charge in [0.2, 0.25) is 0 Å². The van der Waals surface area contributed by atoms with Crippen molar-refractivity contribution in [1.29, 1.82) is 0 Å². The summed E-state index contributed by atoms with van der Waals surface area (Å²) >= 11 is 0. The molecule has 2 saturated heterocycles. The highest BCUT2D eigenvalue weighted by Gasteiger charge is 2.34. The van der Waals surface area contributed by atoms with Crippen molar-refractivity contribution in [3.63, 3.8) is 0 Å². The summed E-state index contributed by atoms with van der Waals surface area (Å²) in [7, 11) is -3.34. The lowest BCUT2D eigenvalue weighted by Gasteiger charge is -2.37. The molecule has 0 spiro atoms. The maximum Gasteiger partial charge on any atom is 0.282 e. The van der Waals surface area contributed by atoms with E-state index >= 15 is 0 Å². The fraction of sp³-hybridized carbons (Fsp3) is 1.00. The van der Waals surface area contributed by atoms with Crippen LogP contribution < -0.4 is 0 Å². The van der Waals surface area contributed by atoms with Crippen LogP contribution in [-0.2, 0) is 10.2 Å². The Morgan fingerprint density at radius 2 is 1.65 bits per heavy atom. The molecule has 2 aliphatic rings. The number of piperidine rings is 2. The molecule has 1 N–H and O–H groups in total. The van der Waals surface area contributed by atoms with Crippen molar-refractivity contribution in [3.05, 3.63) is 0 Å². The van der Waals surface area contributed by atoms with Crippen LogP contribution in [0.3, 0.4) is 0 Å². The molecule has 17 heavy (non-hydrogen) atoms. The fourth-order valence-corrected chi connectivity index (χ4v) is 4.50. The van der Waals surface area contributed by atoms with E-state index in [1.165, 1.54) is 4.31 Å². The molecule has 2 unspecified atom stereocenters. The summed E-state index contributed by atoms with van der Waals surface area (Å²) < 4.78 is 27.8. The maximum absolute atomic E-state index is 12.4. The van der Waals surface area contributed by atoms with Crippen molar-refractivity contribution >= 4 is 10.2 Å². The van der Waals surface area contributed by atoms with Crippen LogP contribution in [0.2, 0.25) is 0 Å². The molecule has 0 bridgehead atoms. The lowest BCUT2D eigenvalue weighted by Crippen LogP contribution is -2.51. The molecule has 2 fully saturated rings. The summed E-state index contributed by atoms with van der Waals surface area (Å²) in [5.41, 5.74) is 0. The van der Waals surface area contributed by atoms with Crippen LogP contribution in [0.4, 0.5) is 0 Å². The monoisotopic (exact) mass is 262 g/mol. The molecule has 2 rings (SSSR count). The van der Waals surface area contributed by atoms with Gasteiger partial charge in [-0.3, -0.25) is 0 Å². The molecule has 2 atom stereocenters. The Kier molecular flexibility index (Phi) is 4.07. The molecule has 5 nitrogen and oxygen atoms in total. The highest BCUT2D eigenvalue weighted by molar-refractivity contribution is 7.86. The van der Waals surface area contributed by atoms with Gasteiger partial charge in [0.05, 0.1) is 6.10 Å². The number of nitrogens with zero attached hydrogens (tertiary/aromatic N) is 2. The van der Waals surface area contributed by atoms with Gasteiger partial charge in [0.25, 0.3) is 10.2 Å². The largest absolute Gasteiger partial charge is 0.392 e. The second-order valence-corrected chi connectivity index (χ2v) is 7.20. The van der Waals surface area contributed by atoms with E-state index in [2.05, 4.69) is 6.92 Å². The second-order valence-electron chi connectivity index (χ2n) is 5.27. The summed E-state index contributed by atoms with van der Waals surface area (Å²) in [5.74, 6) is 0.438. The predicted octanol–water partition coefficient (Wildman–Crippen LogP) is 0.420. The van der Waals surface area contributed by atoms with Crippen LogP contribution in [-0.4, -0.2) is 54.4 Å². The van der Waals surface area contributed by atoms with Gasteiger partial charge in [-0.05, 0) is 31.6 Å². The van der Waals surface area contributed by atoms with Crippen molar-refractivity contribution < 1.29 is 13.5 Å². The van der Waals surface area contributed by atoms with Gasteiger partial charge < -0.3 is 5.11 Å². The standard InChI is InChI=1S/C11H22N2O3S/c1-10-4-2-6-12(8-10)17(15,16)13-7-3-5-11(14)9-13/h10-11,14H,2-9H2,1H3. The molecule has 0 aliphatic carbocycles. The van der Waals surface area contributed by atoms with Gasteiger partial charge in [-0.2, -0.15) is 17.0 Å². The average molecular weight is 262 g/mol. The Labute approximate surface area is 104 Å². The molecule has 0 saturated carbocycles. The molecule has 0 aromatic carbocycles. The smallest absolute Gasteiger partial charge is 0.282 e. The van der Waals surface area contributed by atoms with Crippen molar-refractivity contribution in [2.24, 2.45) is 5.92 Å². The van der Waals surface area contributed by atoms with Crippen molar-refractivity contribution in [3.8, 4) is 0 Å². The van der Waals surface area contributed by atoms with E-state index in [0.29, 0.717) is 32.0 Å². The first kappa shape index (κ1) is 13.3. The van der Waals surface area contributed by atoms with Crippen LogP contribution in [0.5, 0.6) is 0 Å². The summed E-state index contributed by atoms with van der Waals surface area (Å²) in [6, 6.07) is 0. The lowest BCUT2D eigenvalue weighted by atomic mass is 10.0. The molecule has 6 heteroatoms. The molecule has 100 valence electrons. The van der Waals surface area contributed by atoms with Crippen molar-refractivity contribution in [2.75, 3.05) is 26.2 Å². The minimum atomic E-state index is -3.34. The Hall–Kier alpha value is -0.170. The van der Waals surface area contributed by atoms with E-state index in [1.54, 1.807) is 4.31 Å². The molecule has 2 heterocycles. The quantitative estimate of drug-likeness (QED) is 0.784. The van der Waals surface area contributed by atoms with E-state index in [4.69, 9.17) is 0 Å². The van der Waals surface area contributed by atoms with E-state index in [0.717, 1.165) is 19.3 Å². The lowest BCUT2D eigenvalue weighted by molar-refractivity contribution is 0.103. The van der Waals surface area contributed by atoms with Gasteiger partial charge in [0, 0.05) is 26.2 Å². The molecule has 0 aromatic heterocycles. The van der Waals surface area contributed by atoms with E-state index in [9.17, 15) is 13.5 Å². The molecular weight excluding hydrogens is 240 g/mol. The number of aliphatic hydroxyl groups excluding tert-OH is 1. The minimum absolute atomic E-state index is 0.257. The molecule has 2 aliphatic heterocycles. The van der Waals surface area contributed by atoms with E-state index in [1.807, 2.05) is 0 Å². The minimum Gasteiger partial charge on any atom is -0.392 e. The average Bonchev–Trinajstić information content (AvgIpc) is 2.29. The zero-order valence-corrected chi connectivity index (χ0v) is 11.2. The number of aliphatic hydroxyl groups is 1. The summed E-state index contributed by atoms with van der Waals surface area (Å²) in [6.07, 6.45) is 3.01. The van der Waals surface area contributed by atoms with E-state index < -0.39 is 16.3 Å². The van der Waals surface area contributed by atoms with Gasteiger partial charge in [0.15, 0.2) is 0 Å². The normalized spacial score (nSPS) is 33.8. The highest BCUT2D eigenvalue weighted by Crippen LogP contribution is 2.22. The zero-order valence-electron chi connectivity index (χ0n) is 10.4. The SMILES string of the molecule is CC1CCCN(S(=O)(=O)N2CCCC(O)C2)C1. The van der Waals surface area contributed by atoms with Crippen LogP contribution in [0.15, 0.2) is 0 Å². The van der Waals surface area contributed by atoms with Crippen LogP contribution >= 0.6 is 0 Å². The first-order valence-corrected chi connectivity index (χ1v) is 7.83. The van der Waals surface area contributed by atoms with Gasteiger partial charge in [-0.1, -0.05) is 6.92 Å². The molecular formula is C11H22N2O3S. The third kappa shape index (κ3) is 2.99. The Morgan fingerprint density at radius 3 is 2.24 bits per heavy atom. The third-order valence-electron chi connectivity index (χ3n) is 3.63. The van der Waals surface area contributed by atoms with E-state index in [-0.39, 0.29) is 6.54 Å². The molecule has 0 radical (unpaired) electrons. The second kappa shape index (κ2) is 5.22. The van der Waals surface area contributed by atoms with Crippen LogP contribution in [0, 0.1) is 5.92 Å². The van der Waals surface area contributed by atoms with Crippen molar-refractivity contribution in [1.82, 2.24) is 8.61 Å². The highest BCUT2D eigenvalue weighted by atomic mass is 32.2. The van der Waals surface area contributed by atoms with Gasteiger partial charge >= 0.3 is 0 Å². The summed E-state index contributed by atoms with van der Waals surface area (Å²) in [5, 5.41) is 9.57. The van der Waals surface area contributed by atoms with Crippen molar-refractivity contribution in [2.45, 2.75) is 38.7 Å². The maximum atomic E-state index is 12.4. The summed E-state index contributed by atoms with van der Waals surface area (Å²) in [6.45, 7) is 4.14. The topological polar surface area (TPSA) is 60.9 Å². The van der Waals surface area contributed by atoms with Gasteiger partial charge in [-0.25, -0.2) is 0 Å². The number of β-amino-alcohol motifs (C(OH)–C–C–N with tert-alkyl or cyclic N) is 1. The predicted molar refractivity (Wildman–Crippen MR) is 65.7 cm³/mol. The fourth-order valence-electron chi connectivity index (χ4n) is 2.65. The zero-order chi connectivity index (χ0) is 12.5. The number of hydrogen-bond donors (Lipinski definition) is 1. The van der Waals surface area contributed by atoms with Crippen LogP contribution in [0.1, 0.15) is 32.6 Å². The number of hydrogen-bond acceptors (Lipinski definition) is 3. The number of rotatable bonds is 2. The molecule has 0 amide bonds. The first-order chi connectivity index (χ1) is 8.00. The van der Waals surface area contributed by atoms with Gasteiger partial charge in [0.1, 0.15) is 0 Å². The third-order valence-corrected chi connectivity index (χ3v) is 5.60. The first-order valence-electron chi connectivity index (χ1n) is 6.43. The Balaban J connectivity index is 2.06. The van der Waals surface area contributed by atoms with Gasteiger partial charge in [-0.15, -0.1) is 0 Å². The Morgan fingerprint density at radius 1 is 1.06 bits per heavy atom. The summed E-state index contributed by atoms with van der Waals surface area (Å²) in [4.78, 5) is 0. The molecule has 0 aromatic rings. The van der Waals surface area contributed by atoms with Crippen LogP contribution in [0.25, 0.3) is 0 Å². The Bertz CT molecular complexity index is 330.